The molecule has 0 heterocycles. The molecule has 27 heavy (non-hydrogen) atoms. The van der Waals surface area contributed by atoms with Gasteiger partial charge in [-0.2, -0.15) is 0 Å². The largest absolute Gasteiger partial charge is 0.481 e. The summed E-state index contributed by atoms with van der Waals surface area (Å²) in [5.41, 5.74) is 3.23. The van der Waals surface area contributed by atoms with Gasteiger partial charge in [0.05, 0.1) is 12.5 Å². The number of hydrogen-bond acceptors (Lipinski definition) is 2. The van der Waals surface area contributed by atoms with E-state index in [1.807, 2.05) is 54.6 Å². The third-order valence-electron chi connectivity index (χ3n) is 4.61. The Morgan fingerprint density at radius 3 is 2.19 bits per heavy atom. The molecule has 0 saturated heterocycles. The van der Waals surface area contributed by atoms with Gasteiger partial charge in [0.25, 0.3) is 0 Å². The number of aryl methyl sites for hydroxylation is 1. The van der Waals surface area contributed by atoms with E-state index in [0.717, 1.165) is 18.4 Å². The average molecular weight is 367 g/mol. The van der Waals surface area contributed by atoms with E-state index < -0.39 is 12.0 Å². The van der Waals surface area contributed by atoms with Crippen molar-refractivity contribution in [1.82, 2.24) is 5.32 Å². The molecule has 0 radical (unpaired) electrons. The fourth-order valence-electron chi connectivity index (χ4n) is 3.01. The highest BCUT2D eigenvalue weighted by Gasteiger charge is 2.19. The van der Waals surface area contributed by atoms with Crippen molar-refractivity contribution in [3.8, 4) is 0 Å². The summed E-state index contributed by atoms with van der Waals surface area (Å²) in [5.74, 6) is -1.04. The lowest BCUT2D eigenvalue weighted by atomic mass is 9.86. The second-order valence-electron chi connectivity index (χ2n) is 7.93. The molecule has 2 N–H and O–H groups in total. The van der Waals surface area contributed by atoms with E-state index in [2.05, 4.69) is 26.1 Å². The molecular formula is C23H29NO3. The molecule has 2 aromatic carbocycles. The number of nitrogens with one attached hydrogen (secondary N) is 1. The molecule has 1 amide bonds. The van der Waals surface area contributed by atoms with Crippen molar-refractivity contribution in [1.29, 1.82) is 0 Å². The van der Waals surface area contributed by atoms with E-state index in [1.54, 1.807) is 0 Å². The van der Waals surface area contributed by atoms with Gasteiger partial charge in [-0.25, -0.2) is 0 Å². The smallest absolute Gasteiger partial charge is 0.305 e. The van der Waals surface area contributed by atoms with Crippen LogP contribution in [0.15, 0.2) is 54.6 Å². The second kappa shape index (κ2) is 9.36. The minimum Gasteiger partial charge on any atom is -0.481 e. The van der Waals surface area contributed by atoms with Crippen LogP contribution < -0.4 is 5.32 Å². The minimum atomic E-state index is -0.926. The summed E-state index contributed by atoms with van der Waals surface area (Å²) in [6, 6.07) is 17.4. The van der Waals surface area contributed by atoms with E-state index >= 15 is 0 Å². The Morgan fingerprint density at radius 1 is 1.00 bits per heavy atom. The molecule has 0 spiro atoms. The number of carboxylic acids is 1. The monoisotopic (exact) mass is 367 g/mol. The van der Waals surface area contributed by atoms with E-state index in [1.165, 1.54) is 11.1 Å². The summed E-state index contributed by atoms with van der Waals surface area (Å²) >= 11 is 0. The second-order valence-corrected chi connectivity index (χ2v) is 7.93. The van der Waals surface area contributed by atoms with Crippen molar-refractivity contribution >= 4 is 11.9 Å². The Balaban J connectivity index is 1.97. The lowest BCUT2D eigenvalue weighted by Gasteiger charge is -2.22. The molecule has 2 rings (SSSR count). The van der Waals surface area contributed by atoms with Crippen LogP contribution in [0.2, 0.25) is 0 Å². The average Bonchev–Trinajstić information content (AvgIpc) is 2.61. The van der Waals surface area contributed by atoms with Gasteiger partial charge in [-0.05, 0) is 34.9 Å². The first kappa shape index (κ1) is 20.7. The molecule has 0 aliphatic carbocycles. The van der Waals surface area contributed by atoms with E-state index in [4.69, 9.17) is 0 Å². The van der Waals surface area contributed by atoms with Gasteiger partial charge in [0.1, 0.15) is 0 Å². The quantitative estimate of drug-likeness (QED) is 0.714. The Bertz CT molecular complexity index is 745. The minimum absolute atomic E-state index is 0.0293. The number of rotatable bonds is 8. The number of benzene rings is 2. The zero-order valence-corrected chi connectivity index (χ0v) is 16.4. The fourth-order valence-corrected chi connectivity index (χ4v) is 3.01. The first-order chi connectivity index (χ1) is 12.8. The number of carbonyl (C=O) groups excluding carboxylic acids is 1. The van der Waals surface area contributed by atoms with Crippen LogP contribution in [0.4, 0.5) is 0 Å². The number of amides is 1. The summed E-state index contributed by atoms with van der Waals surface area (Å²) < 4.78 is 0. The normalized spacial score (nSPS) is 12.4. The molecule has 0 fully saturated rings. The molecule has 4 nitrogen and oxygen atoms in total. The number of carbonyl (C=O) groups is 2. The molecule has 0 aliphatic rings. The predicted octanol–water partition coefficient (Wildman–Crippen LogP) is 4.64. The van der Waals surface area contributed by atoms with Crippen molar-refractivity contribution in [2.45, 2.75) is 57.9 Å². The van der Waals surface area contributed by atoms with Crippen LogP contribution in [0.5, 0.6) is 0 Å². The molecule has 4 heteroatoms. The van der Waals surface area contributed by atoms with Gasteiger partial charge < -0.3 is 10.4 Å². The topological polar surface area (TPSA) is 66.4 Å². The van der Waals surface area contributed by atoms with E-state index in [9.17, 15) is 14.7 Å². The van der Waals surface area contributed by atoms with Crippen molar-refractivity contribution in [3.05, 3.63) is 71.3 Å². The maximum Gasteiger partial charge on any atom is 0.305 e. The summed E-state index contributed by atoms with van der Waals surface area (Å²) in [4.78, 5) is 23.6. The third kappa shape index (κ3) is 6.89. The predicted molar refractivity (Wildman–Crippen MR) is 108 cm³/mol. The molecule has 0 aliphatic heterocycles. The molecule has 0 aromatic heterocycles. The van der Waals surface area contributed by atoms with Gasteiger partial charge >= 0.3 is 5.97 Å². The van der Waals surface area contributed by atoms with Gasteiger partial charge in [-0.15, -0.1) is 0 Å². The van der Waals surface area contributed by atoms with Crippen LogP contribution in [0.1, 0.15) is 62.8 Å². The lowest BCUT2D eigenvalue weighted by Crippen LogP contribution is -2.30. The maximum absolute atomic E-state index is 12.3. The maximum atomic E-state index is 12.3. The Kier molecular flexibility index (Phi) is 7.17. The highest BCUT2D eigenvalue weighted by Crippen LogP contribution is 2.25. The summed E-state index contributed by atoms with van der Waals surface area (Å²) in [5, 5.41) is 12.1. The highest BCUT2D eigenvalue weighted by molar-refractivity contribution is 5.77. The van der Waals surface area contributed by atoms with Gasteiger partial charge in [-0.1, -0.05) is 75.4 Å². The zero-order valence-electron chi connectivity index (χ0n) is 16.4. The molecule has 144 valence electrons. The highest BCUT2D eigenvalue weighted by atomic mass is 16.4. The molecule has 0 bridgehead atoms. The molecular weight excluding hydrogens is 338 g/mol. The summed E-state index contributed by atoms with van der Waals surface area (Å²) in [7, 11) is 0. The van der Waals surface area contributed by atoms with E-state index in [0.29, 0.717) is 6.42 Å². The van der Waals surface area contributed by atoms with Gasteiger partial charge in [0.2, 0.25) is 5.91 Å². The summed E-state index contributed by atoms with van der Waals surface area (Å²) in [6.45, 7) is 6.39. The van der Waals surface area contributed by atoms with Crippen LogP contribution in [-0.4, -0.2) is 17.0 Å². The van der Waals surface area contributed by atoms with Crippen LogP contribution in [0.25, 0.3) is 0 Å². The molecule has 0 unspecified atom stereocenters. The van der Waals surface area contributed by atoms with Crippen molar-refractivity contribution in [2.24, 2.45) is 0 Å². The standard InChI is InChI=1S/C23H29NO3/c1-23(2,3)19-14-12-18(13-15-19)20(16-22(26)27)24-21(25)11-7-10-17-8-5-4-6-9-17/h4-6,8-9,12-15,20H,7,10-11,16H2,1-3H3,(H,24,25)(H,26,27)/t20-/m1/s1. The fraction of sp³-hybridized carbons (Fsp3) is 0.391. The number of hydrogen-bond donors (Lipinski definition) is 2. The third-order valence-corrected chi connectivity index (χ3v) is 4.61. The SMILES string of the molecule is CC(C)(C)c1ccc([C@@H](CC(=O)O)NC(=O)CCCc2ccccc2)cc1. The molecule has 2 aromatic rings. The number of carboxylic acid groups (broad SMARTS) is 1. The van der Waals surface area contributed by atoms with Gasteiger partial charge in [0.15, 0.2) is 0 Å². The Labute approximate surface area is 161 Å². The van der Waals surface area contributed by atoms with Crippen LogP contribution >= 0.6 is 0 Å². The molecule has 1 atom stereocenters. The molecule has 0 saturated carbocycles. The summed E-state index contributed by atoms with van der Waals surface area (Å²) in [6.07, 6.45) is 1.82. The van der Waals surface area contributed by atoms with Crippen LogP contribution in [0.3, 0.4) is 0 Å². The van der Waals surface area contributed by atoms with Crippen molar-refractivity contribution < 1.29 is 14.7 Å². The Hall–Kier alpha value is -2.62. The van der Waals surface area contributed by atoms with Crippen LogP contribution in [-0.2, 0) is 21.4 Å². The van der Waals surface area contributed by atoms with Crippen molar-refractivity contribution in [2.75, 3.05) is 0 Å². The lowest BCUT2D eigenvalue weighted by molar-refractivity contribution is -0.137. The van der Waals surface area contributed by atoms with E-state index in [-0.39, 0.29) is 17.7 Å². The number of aliphatic carboxylic acids is 1. The van der Waals surface area contributed by atoms with Gasteiger partial charge in [-0.3, -0.25) is 9.59 Å². The zero-order chi connectivity index (χ0) is 19.9. The first-order valence-corrected chi connectivity index (χ1v) is 9.41. The first-order valence-electron chi connectivity index (χ1n) is 9.41. The van der Waals surface area contributed by atoms with Crippen LogP contribution in [0, 0.1) is 0 Å². The van der Waals surface area contributed by atoms with Gasteiger partial charge in [0, 0.05) is 6.42 Å². The van der Waals surface area contributed by atoms with Crippen molar-refractivity contribution in [3.63, 3.8) is 0 Å². The Morgan fingerprint density at radius 2 is 1.63 bits per heavy atom.